The molecule has 0 unspecified atom stereocenters. The molecule has 0 aliphatic heterocycles. The summed E-state index contributed by atoms with van der Waals surface area (Å²) in [5.74, 6) is -0.212. The first kappa shape index (κ1) is 21.0. The standard InChI is InChI=1S/C23H23N7O2/c1-3-25-23(32)28-22-27-20-13-18(17-10-7-11-24-14-17)12-19(30(20)29-22)21(31)26-15(2)16-8-5-4-6-9-16/h4-15H,3H2,1-2H3,(H,26,31)(H2,25,28,29,32)/t15-/m1/s1. The van der Waals surface area contributed by atoms with Gasteiger partial charge in [-0.15, -0.1) is 5.10 Å². The zero-order valence-electron chi connectivity index (χ0n) is 17.7. The molecule has 1 aromatic carbocycles. The van der Waals surface area contributed by atoms with E-state index < -0.39 is 6.03 Å². The van der Waals surface area contributed by atoms with E-state index in [0.29, 0.717) is 17.9 Å². The van der Waals surface area contributed by atoms with E-state index in [1.165, 1.54) is 4.52 Å². The van der Waals surface area contributed by atoms with Gasteiger partial charge in [0.2, 0.25) is 0 Å². The van der Waals surface area contributed by atoms with Crippen LogP contribution in [0.2, 0.25) is 0 Å². The van der Waals surface area contributed by atoms with Crippen molar-refractivity contribution in [2.45, 2.75) is 19.9 Å². The highest BCUT2D eigenvalue weighted by molar-refractivity contribution is 5.95. The summed E-state index contributed by atoms with van der Waals surface area (Å²) in [4.78, 5) is 33.7. The van der Waals surface area contributed by atoms with Crippen LogP contribution in [0.1, 0.15) is 35.9 Å². The molecule has 3 N–H and O–H groups in total. The van der Waals surface area contributed by atoms with Gasteiger partial charge in [0.15, 0.2) is 5.65 Å². The fourth-order valence-electron chi connectivity index (χ4n) is 3.30. The molecule has 9 nitrogen and oxygen atoms in total. The van der Waals surface area contributed by atoms with Gasteiger partial charge in [-0.2, -0.15) is 4.98 Å². The van der Waals surface area contributed by atoms with Gasteiger partial charge in [0.05, 0.1) is 6.04 Å². The van der Waals surface area contributed by atoms with Gasteiger partial charge in [-0.3, -0.25) is 15.1 Å². The van der Waals surface area contributed by atoms with Crippen molar-refractivity contribution in [3.8, 4) is 11.1 Å². The van der Waals surface area contributed by atoms with E-state index in [0.717, 1.165) is 16.7 Å². The fraction of sp³-hybridized carbons (Fsp3) is 0.174. The summed E-state index contributed by atoms with van der Waals surface area (Å²) in [5.41, 5.74) is 3.30. The first-order valence-corrected chi connectivity index (χ1v) is 10.3. The van der Waals surface area contributed by atoms with Crippen LogP contribution in [0.5, 0.6) is 0 Å². The quantitative estimate of drug-likeness (QED) is 0.435. The van der Waals surface area contributed by atoms with E-state index in [1.807, 2.05) is 56.3 Å². The summed E-state index contributed by atoms with van der Waals surface area (Å²) in [6.07, 6.45) is 3.40. The van der Waals surface area contributed by atoms with E-state index in [-0.39, 0.29) is 17.9 Å². The second kappa shape index (κ2) is 9.25. The lowest BCUT2D eigenvalue weighted by molar-refractivity contribution is 0.0932. The van der Waals surface area contributed by atoms with Gasteiger partial charge in [0.25, 0.3) is 11.9 Å². The molecule has 4 rings (SSSR count). The topological polar surface area (TPSA) is 113 Å². The third kappa shape index (κ3) is 4.56. The predicted octanol–water partition coefficient (Wildman–Crippen LogP) is 3.42. The lowest BCUT2D eigenvalue weighted by Gasteiger charge is -2.15. The van der Waals surface area contributed by atoms with Crippen molar-refractivity contribution in [1.29, 1.82) is 0 Å². The van der Waals surface area contributed by atoms with Crippen LogP contribution in [-0.2, 0) is 0 Å². The molecule has 1 atom stereocenters. The van der Waals surface area contributed by atoms with E-state index in [9.17, 15) is 9.59 Å². The lowest BCUT2D eigenvalue weighted by Crippen LogP contribution is -2.29. The number of nitrogens with zero attached hydrogens (tertiary/aromatic N) is 4. The number of carbonyl (C=O) groups is 2. The van der Waals surface area contributed by atoms with Crippen molar-refractivity contribution < 1.29 is 9.59 Å². The number of amides is 3. The van der Waals surface area contributed by atoms with Crippen LogP contribution >= 0.6 is 0 Å². The second-order valence-corrected chi connectivity index (χ2v) is 7.17. The molecule has 0 aliphatic rings. The average Bonchev–Trinajstić information content (AvgIpc) is 3.21. The van der Waals surface area contributed by atoms with Crippen molar-refractivity contribution in [2.24, 2.45) is 0 Å². The van der Waals surface area contributed by atoms with Gasteiger partial charge in [0.1, 0.15) is 5.69 Å². The van der Waals surface area contributed by atoms with E-state index in [4.69, 9.17) is 0 Å². The molecule has 32 heavy (non-hydrogen) atoms. The van der Waals surface area contributed by atoms with E-state index in [1.54, 1.807) is 24.5 Å². The molecule has 0 aliphatic carbocycles. The number of pyridine rings is 2. The highest BCUT2D eigenvalue weighted by Gasteiger charge is 2.19. The number of benzene rings is 1. The van der Waals surface area contributed by atoms with Crippen LogP contribution in [0.3, 0.4) is 0 Å². The largest absolute Gasteiger partial charge is 0.344 e. The molecule has 0 radical (unpaired) electrons. The Morgan fingerprint density at radius 3 is 2.59 bits per heavy atom. The number of hydrogen-bond donors (Lipinski definition) is 3. The molecule has 0 saturated carbocycles. The third-order valence-corrected chi connectivity index (χ3v) is 4.87. The number of hydrogen-bond acceptors (Lipinski definition) is 5. The summed E-state index contributed by atoms with van der Waals surface area (Å²) in [6, 6.07) is 16.3. The van der Waals surface area contributed by atoms with Crippen LogP contribution in [0.25, 0.3) is 16.8 Å². The maximum Gasteiger partial charge on any atom is 0.321 e. The molecule has 0 fully saturated rings. The zero-order chi connectivity index (χ0) is 22.5. The molecule has 3 amide bonds. The van der Waals surface area contributed by atoms with Crippen molar-refractivity contribution in [3.63, 3.8) is 0 Å². The minimum Gasteiger partial charge on any atom is -0.344 e. The SMILES string of the molecule is CCNC(=O)Nc1nc2cc(-c3cccnc3)cc(C(=O)N[C@H](C)c3ccccc3)n2n1. The number of aromatic nitrogens is 4. The molecule has 4 aromatic rings. The van der Waals surface area contributed by atoms with Gasteiger partial charge in [-0.25, -0.2) is 9.31 Å². The van der Waals surface area contributed by atoms with Crippen molar-refractivity contribution in [1.82, 2.24) is 30.2 Å². The maximum absolute atomic E-state index is 13.2. The summed E-state index contributed by atoms with van der Waals surface area (Å²) in [5, 5.41) is 12.6. The summed E-state index contributed by atoms with van der Waals surface area (Å²) >= 11 is 0. The van der Waals surface area contributed by atoms with Crippen LogP contribution in [-0.4, -0.2) is 38.1 Å². The number of nitrogens with one attached hydrogen (secondary N) is 3. The molecule has 3 heterocycles. The molecule has 162 valence electrons. The van der Waals surface area contributed by atoms with Crippen molar-refractivity contribution >= 4 is 23.5 Å². The monoisotopic (exact) mass is 429 g/mol. The van der Waals surface area contributed by atoms with Crippen LogP contribution < -0.4 is 16.0 Å². The Morgan fingerprint density at radius 2 is 1.88 bits per heavy atom. The first-order valence-electron chi connectivity index (χ1n) is 10.3. The normalized spacial score (nSPS) is 11.7. The molecule has 0 saturated heterocycles. The number of urea groups is 1. The molecule has 3 aromatic heterocycles. The average molecular weight is 429 g/mol. The molecule has 9 heteroatoms. The zero-order valence-corrected chi connectivity index (χ0v) is 17.7. The summed E-state index contributed by atoms with van der Waals surface area (Å²) < 4.78 is 1.43. The van der Waals surface area contributed by atoms with Crippen molar-refractivity contribution in [2.75, 3.05) is 11.9 Å². The Balaban J connectivity index is 1.73. The Morgan fingerprint density at radius 1 is 1.06 bits per heavy atom. The number of rotatable bonds is 6. The third-order valence-electron chi connectivity index (χ3n) is 4.87. The maximum atomic E-state index is 13.2. The minimum absolute atomic E-state index is 0.101. The highest BCUT2D eigenvalue weighted by atomic mass is 16.2. The smallest absolute Gasteiger partial charge is 0.321 e. The van der Waals surface area contributed by atoms with Crippen LogP contribution in [0, 0.1) is 0 Å². The van der Waals surface area contributed by atoms with Gasteiger partial charge in [0, 0.05) is 24.5 Å². The van der Waals surface area contributed by atoms with Gasteiger partial charge < -0.3 is 10.6 Å². The van der Waals surface area contributed by atoms with Gasteiger partial charge in [-0.05, 0) is 43.2 Å². The first-order chi connectivity index (χ1) is 15.5. The lowest BCUT2D eigenvalue weighted by atomic mass is 10.1. The van der Waals surface area contributed by atoms with Crippen LogP contribution in [0.4, 0.5) is 10.7 Å². The number of anilines is 1. The Hall–Kier alpha value is -4.27. The number of fused-ring (bicyclic) bond motifs is 1. The van der Waals surface area contributed by atoms with Gasteiger partial charge >= 0.3 is 6.03 Å². The van der Waals surface area contributed by atoms with E-state index in [2.05, 4.69) is 31.0 Å². The number of carbonyl (C=O) groups excluding carboxylic acids is 2. The Bertz CT molecular complexity index is 1240. The minimum atomic E-state index is -0.417. The summed E-state index contributed by atoms with van der Waals surface area (Å²) in [6.45, 7) is 4.20. The highest BCUT2D eigenvalue weighted by Crippen LogP contribution is 2.23. The fourth-order valence-corrected chi connectivity index (χ4v) is 3.30. The van der Waals surface area contributed by atoms with Crippen molar-refractivity contribution in [3.05, 3.63) is 78.2 Å². The molecule has 0 spiro atoms. The molecule has 0 bridgehead atoms. The molecular weight excluding hydrogens is 406 g/mol. The Labute approximate surface area is 184 Å². The van der Waals surface area contributed by atoms with E-state index >= 15 is 0 Å². The van der Waals surface area contributed by atoms with Gasteiger partial charge in [-0.1, -0.05) is 36.4 Å². The summed E-state index contributed by atoms with van der Waals surface area (Å²) in [7, 11) is 0. The second-order valence-electron chi connectivity index (χ2n) is 7.17. The van der Waals surface area contributed by atoms with Crippen LogP contribution in [0.15, 0.2) is 67.0 Å². The predicted molar refractivity (Wildman–Crippen MR) is 121 cm³/mol. The molecular formula is C23H23N7O2. The Kier molecular flexibility index (Phi) is 6.07.